The van der Waals surface area contributed by atoms with Gasteiger partial charge < -0.3 is 19.1 Å². The lowest BCUT2D eigenvalue weighted by atomic mass is 10.1. The van der Waals surface area contributed by atoms with Gasteiger partial charge in [-0.3, -0.25) is 4.79 Å². The number of anilines is 1. The Bertz CT molecular complexity index is 940. The van der Waals surface area contributed by atoms with Crippen molar-refractivity contribution < 1.29 is 9.53 Å². The molecule has 0 radical (unpaired) electrons. The second-order valence-corrected chi connectivity index (χ2v) is 6.85. The van der Waals surface area contributed by atoms with Crippen molar-refractivity contribution in [2.75, 3.05) is 38.2 Å². The van der Waals surface area contributed by atoms with Gasteiger partial charge in [0.2, 0.25) is 11.9 Å². The molecule has 0 bridgehead atoms. The second kappa shape index (κ2) is 7.31. The van der Waals surface area contributed by atoms with E-state index < -0.39 is 0 Å². The molecule has 1 fully saturated rings. The molecule has 1 aromatic heterocycles. The van der Waals surface area contributed by atoms with E-state index in [-0.39, 0.29) is 5.91 Å². The summed E-state index contributed by atoms with van der Waals surface area (Å²) in [6, 6.07) is 15.9. The van der Waals surface area contributed by atoms with Crippen molar-refractivity contribution in [2.24, 2.45) is 7.05 Å². The summed E-state index contributed by atoms with van der Waals surface area (Å²) in [6.45, 7) is 3.04. The quantitative estimate of drug-likeness (QED) is 0.714. The molecule has 0 spiro atoms. The Kier molecular flexibility index (Phi) is 4.71. The van der Waals surface area contributed by atoms with Crippen LogP contribution in [0.15, 0.2) is 48.5 Å². The standard InChI is InChI=1S/C21H24N4O2/c1-23-19-6-4-3-5-18(19)22-21(23)25-13-11-24(12-14-25)20(26)15-16-7-9-17(27-2)10-8-16/h3-10H,11-15H2,1-2H3. The molecule has 0 atom stereocenters. The molecule has 2 heterocycles. The highest BCUT2D eigenvalue weighted by molar-refractivity contribution is 5.80. The fourth-order valence-corrected chi connectivity index (χ4v) is 3.60. The van der Waals surface area contributed by atoms with Crippen LogP contribution in [-0.4, -0.2) is 53.6 Å². The number of methoxy groups -OCH3 is 1. The number of hydrogen-bond donors (Lipinski definition) is 0. The first kappa shape index (κ1) is 17.4. The first-order valence-electron chi connectivity index (χ1n) is 9.23. The first-order valence-corrected chi connectivity index (χ1v) is 9.23. The van der Waals surface area contributed by atoms with E-state index in [4.69, 9.17) is 9.72 Å². The summed E-state index contributed by atoms with van der Waals surface area (Å²) in [5.41, 5.74) is 3.15. The number of piperazine rings is 1. The van der Waals surface area contributed by atoms with Crippen LogP contribution < -0.4 is 9.64 Å². The summed E-state index contributed by atoms with van der Waals surface area (Å²) in [4.78, 5) is 21.6. The number of para-hydroxylation sites is 2. The van der Waals surface area contributed by atoms with Crippen LogP contribution in [0, 0.1) is 0 Å². The van der Waals surface area contributed by atoms with E-state index in [1.807, 2.05) is 54.4 Å². The average molecular weight is 364 g/mol. The van der Waals surface area contributed by atoms with Crippen LogP contribution in [0.2, 0.25) is 0 Å². The summed E-state index contributed by atoms with van der Waals surface area (Å²) < 4.78 is 7.30. The van der Waals surface area contributed by atoms with Crippen LogP contribution in [0.5, 0.6) is 5.75 Å². The van der Waals surface area contributed by atoms with Gasteiger partial charge in [-0.05, 0) is 29.8 Å². The number of rotatable bonds is 4. The van der Waals surface area contributed by atoms with Gasteiger partial charge in [0.05, 0.1) is 24.6 Å². The van der Waals surface area contributed by atoms with Crippen molar-refractivity contribution in [1.29, 1.82) is 0 Å². The lowest BCUT2D eigenvalue weighted by Gasteiger charge is -2.35. The number of aryl methyl sites for hydroxylation is 1. The second-order valence-electron chi connectivity index (χ2n) is 6.85. The molecule has 1 aliphatic heterocycles. The number of carbonyl (C=O) groups is 1. The number of fused-ring (bicyclic) bond motifs is 1. The Labute approximate surface area is 159 Å². The third kappa shape index (κ3) is 3.47. The summed E-state index contributed by atoms with van der Waals surface area (Å²) >= 11 is 0. The van der Waals surface area contributed by atoms with E-state index in [1.54, 1.807) is 7.11 Å². The molecule has 0 unspecified atom stereocenters. The molecule has 6 nitrogen and oxygen atoms in total. The van der Waals surface area contributed by atoms with E-state index in [0.29, 0.717) is 6.42 Å². The maximum absolute atomic E-state index is 12.6. The number of benzene rings is 2. The summed E-state index contributed by atoms with van der Waals surface area (Å²) in [6.07, 6.45) is 0.427. The van der Waals surface area contributed by atoms with Crippen molar-refractivity contribution in [3.8, 4) is 5.75 Å². The summed E-state index contributed by atoms with van der Waals surface area (Å²) in [7, 11) is 3.69. The van der Waals surface area contributed by atoms with Crippen LogP contribution in [-0.2, 0) is 18.3 Å². The van der Waals surface area contributed by atoms with Gasteiger partial charge in [0.25, 0.3) is 0 Å². The van der Waals surface area contributed by atoms with E-state index >= 15 is 0 Å². The molecular formula is C21H24N4O2. The van der Waals surface area contributed by atoms with Crippen molar-refractivity contribution in [3.63, 3.8) is 0 Å². The lowest BCUT2D eigenvalue weighted by Crippen LogP contribution is -2.49. The van der Waals surface area contributed by atoms with Crippen molar-refractivity contribution >= 4 is 22.9 Å². The average Bonchev–Trinajstić information content (AvgIpc) is 3.05. The van der Waals surface area contributed by atoms with Gasteiger partial charge in [0.1, 0.15) is 5.75 Å². The zero-order valence-electron chi connectivity index (χ0n) is 15.8. The smallest absolute Gasteiger partial charge is 0.227 e. The molecule has 3 aromatic rings. The van der Waals surface area contributed by atoms with Crippen LogP contribution in [0.3, 0.4) is 0 Å². The van der Waals surface area contributed by atoms with Gasteiger partial charge in [0.15, 0.2) is 0 Å². The van der Waals surface area contributed by atoms with Gasteiger partial charge in [-0.25, -0.2) is 4.98 Å². The van der Waals surface area contributed by atoms with Gasteiger partial charge >= 0.3 is 0 Å². The Morgan fingerprint density at radius 1 is 1.04 bits per heavy atom. The van der Waals surface area contributed by atoms with E-state index in [0.717, 1.165) is 54.5 Å². The molecule has 140 valence electrons. The molecule has 0 N–H and O–H groups in total. The number of nitrogens with zero attached hydrogens (tertiary/aromatic N) is 4. The molecule has 1 aliphatic rings. The van der Waals surface area contributed by atoms with E-state index in [9.17, 15) is 4.79 Å². The van der Waals surface area contributed by atoms with E-state index in [2.05, 4.69) is 15.5 Å². The van der Waals surface area contributed by atoms with Gasteiger partial charge in [-0.1, -0.05) is 24.3 Å². The zero-order chi connectivity index (χ0) is 18.8. The van der Waals surface area contributed by atoms with E-state index in [1.165, 1.54) is 0 Å². The van der Waals surface area contributed by atoms with Gasteiger partial charge in [-0.2, -0.15) is 0 Å². The third-order valence-electron chi connectivity index (χ3n) is 5.19. The molecular weight excluding hydrogens is 340 g/mol. The van der Waals surface area contributed by atoms with Crippen LogP contribution >= 0.6 is 0 Å². The topological polar surface area (TPSA) is 50.6 Å². The number of carbonyl (C=O) groups excluding carboxylic acids is 1. The fraction of sp³-hybridized carbons (Fsp3) is 0.333. The summed E-state index contributed by atoms with van der Waals surface area (Å²) in [5, 5.41) is 0. The minimum Gasteiger partial charge on any atom is -0.497 e. The van der Waals surface area contributed by atoms with Crippen LogP contribution in [0.4, 0.5) is 5.95 Å². The molecule has 1 amide bonds. The first-order chi connectivity index (χ1) is 13.2. The van der Waals surface area contributed by atoms with Crippen LogP contribution in [0.25, 0.3) is 11.0 Å². The number of amides is 1. The highest BCUT2D eigenvalue weighted by atomic mass is 16.5. The fourth-order valence-electron chi connectivity index (χ4n) is 3.60. The SMILES string of the molecule is COc1ccc(CC(=O)N2CCN(c3nc4ccccc4n3C)CC2)cc1. The molecule has 6 heteroatoms. The largest absolute Gasteiger partial charge is 0.497 e. The molecule has 27 heavy (non-hydrogen) atoms. The molecule has 1 saturated heterocycles. The predicted molar refractivity (Wildman–Crippen MR) is 106 cm³/mol. The highest BCUT2D eigenvalue weighted by Crippen LogP contribution is 2.22. The molecule has 0 aliphatic carbocycles. The number of ether oxygens (including phenoxy) is 1. The number of aromatic nitrogens is 2. The van der Waals surface area contributed by atoms with Gasteiger partial charge in [-0.15, -0.1) is 0 Å². The highest BCUT2D eigenvalue weighted by Gasteiger charge is 2.24. The zero-order valence-corrected chi connectivity index (χ0v) is 15.8. The Balaban J connectivity index is 1.39. The monoisotopic (exact) mass is 364 g/mol. The maximum Gasteiger partial charge on any atom is 0.227 e. The lowest BCUT2D eigenvalue weighted by molar-refractivity contribution is -0.130. The minimum atomic E-state index is 0.171. The predicted octanol–water partition coefficient (Wildman–Crippen LogP) is 2.47. The number of imidazole rings is 1. The Morgan fingerprint density at radius 3 is 2.41 bits per heavy atom. The maximum atomic E-state index is 12.6. The normalized spacial score (nSPS) is 14.6. The van der Waals surface area contributed by atoms with Gasteiger partial charge in [0, 0.05) is 33.2 Å². The van der Waals surface area contributed by atoms with Crippen molar-refractivity contribution in [2.45, 2.75) is 6.42 Å². The summed E-state index contributed by atoms with van der Waals surface area (Å²) in [5.74, 6) is 1.95. The molecule has 2 aromatic carbocycles. The molecule has 4 rings (SSSR count). The molecule has 0 saturated carbocycles. The number of hydrogen-bond acceptors (Lipinski definition) is 4. The minimum absolute atomic E-state index is 0.171. The third-order valence-corrected chi connectivity index (χ3v) is 5.19. The van der Waals surface area contributed by atoms with Crippen molar-refractivity contribution in [3.05, 3.63) is 54.1 Å². The van der Waals surface area contributed by atoms with Crippen LogP contribution in [0.1, 0.15) is 5.56 Å². The Morgan fingerprint density at radius 2 is 1.74 bits per heavy atom. The van der Waals surface area contributed by atoms with Crippen molar-refractivity contribution in [1.82, 2.24) is 14.5 Å². The Hall–Kier alpha value is -3.02.